The maximum Gasteiger partial charge on any atom is 0.244 e. The molecule has 0 N–H and O–H groups in total. The zero-order valence-corrected chi connectivity index (χ0v) is 6.18. The molecule has 2 atom stereocenters. The standard InChI is InChI=1S/C7H12F2O/c1-4(2)10-6-3-5(6)7(8)9/h4-7H,3H2,1-2H3. The van der Waals surface area contributed by atoms with Crippen molar-refractivity contribution in [2.45, 2.75) is 38.9 Å². The first-order valence-electron chi connectivity index (χ1n) is 3.55. The normalized spacial score (nSPS) is 31.8. The van der Waals surface area contributed by atoms with E-state index in [1.165, 1.54) is 0 Å². The lowest BCUT2D eigenvalue weighted by Gasteiger charge is -2.05. The van der Waals surface area contributed by atoms with E-state index in [2.05, 4.69) is 0 Å². The smallest absolute Gasteiger partial charge is 0.244 e. The first kappa shape index (κ1) is 7.92. The Balaban J connectivity index is 2.13. The SMILES string of the molecule is CC(C)OC1CC1C(F)F. The van der Waals surface area contributed by atoms with Gasteiger partial charge in [-0.2, -0.15) is 0 Å². The van der Waals surface area contributed by atoms with Gasteiger partial charge in [0.2, 0.25) is 6.43 Å². The molecule has 0 bridgehead atoms. The van der Waals surface area contributed by atoms with Gasteiger partial charge in [0.05, 0.1) is 12.2 Å². The predicted molar refractivity (Wildman–Crippen MR) is 34.1 cm³/mol. The molecular weight excluding hydrogens is 138 g/mol. The van der Waals surface area contributed by atoms with Gasteiger partial charge in [-0.3, -0.25) is 0 Å². The minimum Gasteiger partial charge on any atom is -0.375 e. The molecule has 0 radical (unpaired) electrons. The van der Waals surface area contributed by atoms with E-state index in [0.29, 0.717) is 6.42 Å². The molecule has 1 fully saturated rings. The molecule has 0 aromatic heterocycles. The van der Waals surface area contributed by atoms with Crippen LogP contribution >= 0.6 is 0 Å². The quantitative estimate of drug-likeness (QED) is 0.598. The van der Waals surface area contributed by atoms with Crippen molar-refractivity contribution in [3.05, 3.63) is 0 Å². The van der Waals surface area contributed by atoms with Crippen LogP contribution in [0.25, 0.3) is 0 Å². The van der Waals surface area contributed by atoms with Gasteiger partial charge in [-0.05, 0) is 20.3 Å². The lowest BCUT2D eigenvalue weighted by Crippen LogP contribution is -2.08. The number of rotatable bonds is 3. The van der Waals surface area contributed by atoms with Crippen LogP contribution in [0.1, 0.15) is 20.3 Å². The molecule has 1 rings (SSSR count). The fourth-order valence-corrected chi connectivity index (χ4v) is 0.961. The number of hydrogen-bond acceptors (Lipinski definition) is 1. The van der Waals surface area contributed by atoms with Gasteiger partial charge in [0.25, 0.3) is 0 Å². The Hall–Kier alpha value is -0.180. The van der Waals surface area contributed by atoms with Crippen LogP contribution in [-0.2, 0) is 4.74 Å². The second-order valence-electron chi connectivity index (χ2n) is 2.96. The predicted octanol–water partition coefficient (Wildman–Crippen LogP) is 2.06. The number of hydrogen-bond donors (Lipinski definition) is 0. The highest BCUT2D eigenvalue weighted by Gasteiger charge is 2.45. The Labute approximate surface area is 59.4 Å². The van der Waals surface area contributed by atoms with E-state index in [-0.39, 0.29) is 12.2 Å². The van der Waals surface area contributed by atoms with Crippen molar-refractivity contribution in [2.24, 2.45) is 5.92 Å². The van der Waals surface area contributed by atoms with Gasteiger partial charge in [0, 0.05) is 5.92 Å². The highest BCUT2D eigenvalue weighted by Crippen LogP contribution is 2.39. The lowest BCUT2D eigenvalue weighted by molar-refractivity contribution is 0.0269. The first-order valence-corrected chi connectivity index (χ1v) is 3.55. The Kier molecular flexibility index (Phi) is 2.24. The van der Waals surface area contributed by atoms with Crippen LogP contribution in [0.3, 0.4) is 0 Å². The second kappa shape index (κ2) is 2.82. The summed E-state index contributed by atoms with van der Waals surface area (Å²) in [4.78, 5) is 0. The highest BCUT2D eigenvalue weighted by atomic mass is 19.3. The first-order chi connectivity index (χ1) is 4.61. The third-order valence-electron chi connectivity index (χ3n) is 1.55. The lowest BCUT2D eigenvalue weighted by atomic mass is 10.4. The van der Waals surface area contributed by atoms with Gasteiger partial charge in [0.15, 0.2) is 0 Å². The molecule has 0 aromatic rings. The third-order valence-corrected chi connectivity index (χ3v) is 1.55. The summed E-state index contributed by atoms with van der Waals surface area (Å²) in [6.45, 7) is 3.72. The second-order valence-corrected chi connectivity index (χ2v) is 2.96. The monoisotopic (exact) mass is 150 g/mol. The summed E-state index contributed by atoms with van der Waals surface area (Å²) in [6, 6.07) is 0. The van der Waals surface area contributed by atoms with Crippen LogP contribution in [0.4, 0.5) is 8.78 Å². The number of halogens is 2. The summed E-state index contributed by atoms with van der Waals surface area (Å²) in [5.41, 5.74) is 0. The largest absolute Gasteiger partial charge is 0.375 e. The van der Waals surface area contributed by atoms with Crippen molar-refractivity contribution in [1.29, 1.82) is 0 Å². The molecule has 1 aliphatic carbocycles. The van der Waals surface area contributed by atoms with Crippen LogP contribution in [0.5, 0.6) is 0 Å². The minimum atomic E-state index is -2.19. The van der Waals surface area contributed by atoms with Gasteiger partial charge in [-0.1, -0.05) is 0 Å². The average Bonchev–Trinajstić information content (AvgIpc) is 2.43. The van der Waals surface area contributed by atoms with E-state index < -0.39 is 12.3 Å². The molecule has 0 aromatic carbocycles. The van der Waals surface area contributed by atoms with E-state index in [0.717, 1.165) is 0 Å². The highest BCUT2D eigenvalue weighted by molar-refractivity contribution is 4.89. The number of ether oxygens (including phenoxy) is 1. The van der Waals surface area contributed by atoms with Crippen LogP contribution in [0, 0.1) is 5.92 Å². The van der Waals surface area contributed by atoms with Crippen molar-refractivity contribution in [2.75, 3.05) is 0 Å². The topological polar surface area (TPSA) is 9.23 Å². The van der Waals surface area contributed by atoms with Crippen molar-refractivity contribution in [3.8, 4) is 0 Å². The van der Waals surface area contributed by atoms with Gasteiger partial charge < -0.3 is 4.74 Å². The van der Waals surface area contributed by atoms with Crippen molar-refractivity contribution >= 4 is 0 Å². The summed E-state index contributed by atoms with van der Waals surface area (Å²) in [7, 11) is 0. The average molecular weight is 150 g/mol. The molecule has 60 valence electrons. The molecule has 1 aliphatic rings. The van der Waals surface area contributed by atoms with Gasteiger partial charge in [0.1, 0.15) is 0 Å². The summed E-state index contributed by atoms with van der Waals surface area (Å²) < 4.78 is 28.8. The summed E-state index contributed by atoms with van der Waals surface area (Å²) in [6.07, 6.45) is -1.74. The number of alkyl halides is 2. The van der Waals surface area contributed by atoms with E-state index >= 15 is 0 Å². The van der Waals surface area contributed by atoms with Crippen molar-refractivity contribution in [1.82, 2.24) is 0 Å². The third kappa shape index (κ3) is 1.90. The van der Waals surface area contributed by atoms with Gasteiger partial charge >= 0.3 is 0 Å². The molecule has 0 spiro atoms. The Morgan fingerprint density at radius 1 is 1.40 bits per heavy atom. The van der Waals surface area contributed by atoms with E-state index in [1.807, 2.05) is 13.8 Å². The van der Waals surface area contributed by atoms with E-state index in [9.17, 15) is 8.78 Å². The fraction of sp³-hybridized carbons (Fsp3) is 1.00. The van der Waals surface area contributed by atoms with Crippen LogP contribution < -0.4 is 0 Å². The Morgan fingerprint density at radius 3 is 2.30 bits per heavy atom. The molecule has 10 heavy (non-hydrogen) atoms. The van der Waals surface area contributed by atoms with E-state index in [1.54, 1.807) is 0 Å². The molecular formula is C7H12F2O. The summed E-state index contributed by atoms with van der Waals surface area (Å²) in [5, 5.41) is 0. The maximum absolute atomic E-state index is 11.8. The van der Waals surface area contributed by atoms with Gasteiger partial charge in [-0.15, -0.1) is 0 Å². The molecule has 0 heterocycles. The molecule has 0 saturated heterocycles. The van der Waals surface area contributed by atoms with Gasteiger partial charge in [-0.25, -0.2) is 8.78 Å². The fourth-order valence-electron chi connectivity index (χ4n) is 0.961. The zero-order valence-electron chi connectivity index (χ0n) is 6.18. The maximum atomic E-state index is 11.8. The van der Waals surface area contributed by atoms with Crippen LogP contribution in [0.2, 0.25) is 0 Å². The zero-order chi connectivity index (χ0) is 7.72. The van der Waals surface area contributed by atoms with E-state index in [4.69, 9.17) is 4.74 Å². The summed E-state index contributed by atoms with van der Waals surface area (Å²) >= 11 is 0. The molecule has 0 amide bonds. The Bertz CT molecular complexity index is 114. The minimum absolute atomic E-state index is 0.0775. The molecule has 1 saturated carbocycles. The van der Waals surface area contributed by atoms with Crippen molar-refractivity contribution in [3.63, 3.8) is 0 Å². The van der Waals surface area contributed by atoms with Crippen LogP contribution in [-0.4, -0.2) is 18.6 Å². The Morgan fingerprint density at radius 2 is 2.00 bits per heavy atom. The molecule has 2 unspecified atom stereocenters. The van der Waals surface area contributed by atoms with Crippen molar-refractivity contribution < 1.29 is 13.5 Å². The molecule has 1 nitrogen and oxygen atoms in total. The van der Waals surface area contributed by atoms with Crippen LogP contribution in [0.15, 0.2) is 0 Å². The molecule has 0 aliphatic heterocycles. The molecule has 3 heteroatoms. The summed E-state index contributed by atoms with van der Waals surface area (Å²) in [5.74, 6) is -0.484.